The summed E-state index contributed by atoms with van der Waals surface area (Å²) in [5.74, 6) is -1.87. The van der Waals surface area contributed by atoms with Crippen molar-refractivity contribution in [2.75, 3.05) is 13.1 Å². The quantitative estimate of drug-likeness (QED) is 0.640. The van der Waals surface area contributed by atoms with E-state index in [9.17, 15) is 18.0 Å². The van der Waals surface area contributed by atoms with Gasteiger partial charge in [0.25, 0.3) is 0 Å². The van der Waals surface area contributed by atoms with Crippen LogP contribution in [0, 0.1) is 0 Å². The highest BCUT2D eigenvalue weighted by molar-refractivity contribution is 5.81. The van der Waals surface area contributed by atoms with Gasteiger partial charge in [0, 0.05) is 19.1 Å². The van der Waals surface area contributed by atoms with Gasteiger partial charge in [0.1, 0.15) is 0 Å². The van der Waals surface area contributed by atoms with Gasteiger partial charge in [0.05, 0.1) is 0 Å². The summed E-state index contributed by atoms with van der Waals surface area (Å²) in [5, 5.41) is 4.76. The van der Waals surface area contributed by atoms with E-state index < -0.39 is 12.1 Å². The second kappa shape index (κ2) is 3.95. The van der Waals surface area contributed by atoms with Gasteiger partial charge in [-0.2, -0.15) is 13.2 Å². The van der Waals surface area contributed by atoms with Gasteiger partial charge < -0.3 is 10.6 Å². The number of alkyl halides is 3. The smallest absolute Gasteiger partial charge is 0.347 e. The molecule has 0 aromatic carbocycles. The molecule has 0 aromatic rings. The molecule has 2 N–H and O–H groups in total. The molecule has 0 aromatic heterocycles. The highest BCUT2D eigenvalue weighted by Crippen LogP contribution is 2.18. The van der Waals surface area contributed by atoms with Crippen LogP contribution in [-0.2, 0) is 4.79 Å². The van der Waals surface area contributed by atoms with Crippen LogP contribution in [0.3, 0.4) is 0 Å². The Hall–Kier alpha value is -0.780. The Balaban J connectivity index is 2.00. The fourth-order valence-electron chi connectivity index (χ4n) is 0.840. The third kappa shape index (κ3) is 4.12. The summed E-state index contributed by atoms with van der Waals surface area (Å²) in [7, 11) is 0. The van der Waals surface area contributed by atoms with Crippen molar-refractivity contribution in [1.82, 2.24) is 10.6 Å². The molecule has 1 rings (SSSR count). The number of amides is 1. The first-order chi connectivity index (χ1) is 6.00. The Bertz CT molecular complexity index is 189. The van der Waals surface area contributed by atoms with E-state index in [1.165, 1.54) is 0 Å². The predicted molar refractivity (Wildman–Crippen MR) is 40.1 cm³/mol. The van der Waals surface area contributed by atoms with Crippen LogP contribution in [-0.4, -0.2) is 31.2 Å². The maximum atomic E-state index is 11.6. The van der Waals surface area contributed by atoms with Crippen LogP contribution >= 0.6 is 0 Å². The molecule has 0 atom stereocenters. The lowest BCUT2D eigenvalue weighted by atomic mass is 10.5. The molecule has 1 aliphatic rings. The molecule has 0 heterocycles. The Morgan fingerprint density at radius 1 is 1.31 bits per heavy atom. The zero-order valence-corrected chi connectivity index (χ0v) is 6.95. The number of nitrogens with one attached hydrogen (secondary N) is 2. The zero-order valence-electron chi connectivity index (χ0n) is 6.95. The number of rotatable bonds is 4. The Kier molecular flexibility index (Phi) is 3.13. The van der Waals surface area contributed by atoms with Gasteiger partial charge in [-0.05, 0) is 12.8 Å². The number of carbonyl (C=O) groups is 1. The second-order valence-corrected chi connectivity index (χ2v) is 2.98. The number of hydrogen-bond donors (Lipinski definition) is 2. The average molecular weight is 196 g/mol. The van der Waals surface area contributed by atoms with Crippen molar-refractivity contribution in [3.8, 4) is 0 Å². The molecule has 0 aliphatic heterocycles. The third-order valence-electron chi connectivity index (χ3n) is 1.68. The van der Waals surface area contributed by atoms with Gasteiger partial charge in [-0.25, -0.2) is 0 Å². The Labute approximate surface area is 73.7 Å². The summed E-state index contributed by atoms with van der Waals surface area (Å²) in [6, 6.07) is 0.447. The minimum absolute atomic E-state index is 0.0227. The molecule has 1 fully saturated rings. The topological polar surface area (TPSA) is 41.1 Å². The summed E-state index contributed by atoms with van der Waals surface area (Å²) in [4.78, 5) is 10.3. The van der Waals surface area contributed by atoms with Gasteiger partial charge in [-0.3, -0.25) is 4.79 Å². The molecular formula is C7H11F3N2O. The van der Waals surface area contributed by atoms with Crippen LogP contribution in [0.4, 0.5) is 13.2 Å². The van der Waals surface area contributed by atoms with E-state index in [1.54, 1.807) is 5.32 Å². The standard InChI is InChI=1S/C7H11F3N2O/c8-7(9,10)6(13)12-4-3-11-5-1-2-5/h5,11H,1-4H2,(H,12,13). The Morgan fingerprint density at radius 2 is 1.92 bits per heavy atom. The third-order valence-corrected chi connectivity index (χ3v) is 1.68. The molecule has 0 saturated heterocycles. The van der Waals surface area contributed by atoms with Crippen LogP contribution in [0.2, 0.25) is 0 Å². The van der Waals surface area contributed by atoms with Gasteiger partial charge in [0.15, 0.2) is 0 Å². The van der Waals surface area contributed by atoms with Crippen molar-refractivity contribution in [1.29, 1.82) is 0 Å². The zero-order chi connectivity index (χ0) is 9.90. The van der Waals surface area contributed by atoms with E-state index in [4.69, 9.17) is 0 Å². The minimum atomic E-state index is -4.76. The Morgan fingerprint density at radius 3 is 2.38 bits per heavy atom. The highest BCUT2D eigenvalue weighted by atomic mass is 19.4. The molecule has 6 heteroatoms. The van der Waals surface area contributed by atoms with Gasteiger partial charge in [-0.15, -0.1) is 0 Å². The van der Waals surface area contributed by atoms with Crippen molar-refractivity contribution in [3.05, 3.63) is 0 Å². The van der Waals surface area contributed by atoms with Crippen LogP contribution in [0.1, 0.15) is 12.8 Å². The monoisotopic (exact) mass is 196 g/mol. The van der Waals surface area contributed by atoms with Crippen molar-refractivity contribution in [2.45, 2.75) is 25.1 Å². The summed E-state index contributed by atoms with van der Waals surface area (Å²) >= 11 is 0. The molecule has 3 nitrogen and oxygen atoms in total. The first-order valence-electron chi connectivity index (χ1n) is 4.08. The van der Waals surface area contributed by atoms with E-state index in [2.05, 4.69) is 5.32 Å². The number of hydrogen-bond acceptors (Lipinski definition) is 2. The first-order valence-corrected chi connectivity index (χ1v) is 4.08. The highest BCUT2D eigenvalue weighted by Gasteiger charge is 2.38. The SMILES string of the molecule is O=C(NCCNC1CC1)C(F)(F)F. The number of halogens is 3. The molecule has 0 radical (unpaired) electrons. The molecule has 1 aliphatic carbocycles. The summed E-state index contributed by atoms with van der Waals surface area (Å²) in [6.07, 6.45) is -2.61. The lowest BCUT2D eigenvalue weighted by molar-refractivity contribution is -0.173. The van der Waals surface area contributed by atoms with Crippen molar-refractivity contribution >= 4 is 5.91 Å². The molecule has 0 bridgehead atoms. The minimum Gasteiger partial charge on any atom is -0.347 e. The van der Waals surface area contributed by atoms with Crippen LogP contribution in [0.15, 0.2) is 0 Å². The maximum absolute atomic E-state index is 11.6. The molecule has 76 valence electrons. The van der Waals surface area contributed by atoms with Crippen LogP contribution in [0.5, 0.6) is 0 Å². The van der Waals surface area contributed by atoms with Crippen molar-refractivity contribution in [3.63, 3.8) is 0 Å². The lowest BCUT2D eigenvalue weighted by Crippen LogP contribution is -2.40. The molecular weight excluding hydrogens is 185 g/mol. The average Bonchev–Trinajstić information content (AvgIpc) is 2.79. The van der Waals surface area contributed by atoms with Gasteiger partial charge >= 0.3 is 12.1 Å². The van der Waals surface area contributed by atoms with Gasteiger partial charge in [-0.1, -0.05) is 0 Å². The molecule has 0 spiro atoms. The molecule has 1 saturated carbocycles. The first kappa shape index (κ1) is 10.3. The van der Waals surface area contributed by atoms with E-state index in [0.717, 1.165) is 12.8 Å². The van der Waals surface area contributed by atoms with Crippen LogP contribution < -0.4 is 10.6 Å². The van der Waals surface area contributed by atoms with E-state index in [1.807, 2.05) is 0 Å². The predicted octanol–water partition coefficient (Wildman–Crippen LogP) is 0.417. The van der Waals surface area contributed by atoms with Crippen molar-refractivity contribution < 1.29 is 18.0 Å². The van der Waals surface area contributed by atoms with Gasteiger partial charge in [0.2, 0.25) is 0 Å². The van der Waals surface area contributed by atoms with Crippen molar-refractivity contribution in [2.24, 2.45) is 0 Å². The second-order valence-electron chi connectivity index (χ2n) is 2.98. The fraction of sp³-hybridized carbons (Fsp3) is 0.857. The summed E-state index contributed by atoms with van der Waals surface area (Å²) < 4.78 is 34.8. The van der Waals surface area contributed by atoms with Crippen LogP contribution in [0.25, 0.3) is 0 Å². The summed E-state index contributed by atoms with van der Waals surface area (Å²) in [6.45, 7) is 0.418. The number of carbonyl (C=O) groups excluding carboxylic acids is 1. The molecule has 0 unspecified atom stereocenters. The molecule has 13 heavy (non-hydrogen) atoms. The molecule has 1 amide bonds. The fourth-order valence-corrected chi connectivity index (χ4v) is 0.840. The maximum Gasteiger partial charge on any atom is 0.471 e. The summed E-state index contributed by atoms with van der Waals surface area (Å²) in [5.41, 5.74) is 0. The lowest BCUT2D eigenvalue weighted by Gasteiger charge is -2.07. The van der Waals surface area contributed by atoms with E-state index in [-0.39, 0.29) is 6.54 Å². The normalized spacial score (nSPS) is 17.2. The van der Waals surface area contributed by atoms with E-state index in [0.29, 0.717) is 12.6 Å². The van der Waals surface area contributed by atoms with E-state index >= 15 is 0 Å². The largest absolute Gasteiger partial charge is 0.471 e.